The van der Waals surface area contributed by atoms with Gasteiger partial charge in [0.2, 0.25) is 0 Å². The number of aromatic nitrogens is 1. The minimum absolute atomic E-state index is 0.182. The molecule has 1 aromatic heterocycles. The van der Waals surface area contributed by atoms with Crippen LogP contribution in [0.2, 0.25) is 0 Å². The van der Waals surface area contributed by atoms with Gasteiger partial charge in [0.1, 0.15) is 11.3 Å². The fourth-order valence-electron chi connectivity index (χ4n) is 1.72. The van der Waals surface area contributed by atoms with Gasteiger partial charge in [0, 0.05) is 19.8 Å². The monoisotopic (exact) mass is 295 g/mol. The van der Waals surface area contributed by atoms with Gasteiger partial charge in [0.05, 0.1) is 5.54 Å². The number of nitrogens with zero attached hydrogens (tertiary/aromatic N) is 1. The maximum atomic E-state index is 12.1. The molecule has 0 saturated carbocycles. The van der Waals surface area contributed by atoms with Crippen molar-refractivity contribution in [3.8, 4) is 0 Å². The summed E-state index contributed by atoms with van der Waals surface area (Å²) in [6, 6.07) is 3.55. The molecular formula is C15H25N3O3. The maximum Gasteiger partial charge on any atom is 0.407 e. The van der Waals surface area contributed by atoms with E-state index in [-0.39, 0.29) is 12.5 Å². The molecule has 1 rings (SSSR count). The molecule has 6 nitrogen and oxygen atoms in total. The molecule has 0 aliphatic rings. The van der Waals surface area contributed by atoms with E-state index in [1.807, 2.05) is 13.8 Å². The number of hydrogen-bond donors (Lipinski definition) is 2. The first-order valence-electron chi connectivity index (χ1n) is 6.91. The average Bonchev–Trinajstić information content (AvgIpc) is 2.70. The summed E-state index contributed by atoms with van der Waals surface area (Å²) in [5.74, 6) is -0.182. The van der Waals surface area contributed by atoms with Gasteiger partial charge in [-0.05, 0) is 46.8 Å². The Morgan fingerprint density at radius 3 is 2.33 bits per heavy atom. The van der Waals surface area contributed by atoms with Crippen LogP contribution in [0.15, 0.2) is 18.3 Å². The average molecular weight is 295 g/mol. The van der Waals surface area contributed by atoms with Crippen molar-refractivity contribution in [3.05, 3.63) is 24.0 Å². The third-order valence-electron chi connectivity index (χ3n) is 2.70. The van der Waals surface area contributed by atoms with Crippen LogP contribution in [0.1, 0.15) is 45.1 Å². The van der Waals surface area contributed by atoms with Crippen LogP contribution in [0, 0.1) is 0 Å². The minimum atomic E-state index is -0.585. The molecular weight excluding hydrogens is 270 g/mol. The number of aryl methyl sites for hydroxylation is 1. The van der Waals surface area contributed by atoms with Crippen molar-refractivity contribution < 1.29 is 14.3 Å². The third-order valence-corrected chi connectivity index (χ3v) is 2.70. The van der Waals surface area contributed by atoms with Gasteiger partial charge in [-0.3, -0.25) is 4.79 Å². The van der Waals surface area contributed by atoms with E-state index in [0.717, 1.165) is 0 Å². The molecule has 1 aromatic rings. The van der Waals surface area contributed by atoms with Crippen LogP contribution in [-0.2, 0) is 11.8 Å². The molecule has 0 atom stereocenters. The van der Waals surface area contributed by atoms with E-state index in [2.05, 4.69) is 10.6 Å². The Labute approximate surface area is 125 Å². The van der Waals surface area contributed by atoms with Gasteiger partial charge in [-0.1, -0.05) is 0 Å². The summed E-state index contributed by atoms with van der Waals surface area (Å²) >= 11 is 0. The second-order valence-electron chi connectivity index (χ2n) is 6.70. The fraction of sp³-hybridized carbons (Fsp3) is 0.600. The smallest absolute Gasteiger partial charge is 0.407 e. The van der Waals surface area contributed by atoms with Crippen molar-refractivity contribution >= 4 is 12.0 Å². The van der Waals surface area contributed by atoms with Gasteiger partial charge < -0.3 is 19.9 Å². The Bertz CT molecular complexity index is 512. The van der Waals surface area contributed by atoms with Gasteiger partial charge in [0.15, 0.2) is 0 Å². The molecule has 0 fully saturated rings. The van der Waals surface area contributed by atoms with Gasteiger partial charge in [0.25, 0.3) is 5.91 Å². The van der Waals surface area contributed by atoms with E-state index < -0.39 is 17.2 Å². The number of hydrogen-bond acceptors (Lipinski definition) is 3. The lowest BCUT2D eigenvalue weighted by atomic mass is 10.1. The van der Waals surface area contributed by atoms with E-state index in [0.29, 0.717) is 5.69 Å². The lowest BCUT2D eigenvalue weighted by Crippen LogP contribution is -2.52. The van der Waals surface area contributed by atoms with Crippen LogP contribution in [0.3, 0.4) is 0 Å². The molecule has 2 amide bonds. The zero-order chi connectivity index (χ0) is 16.3. The lowest BCUT2D eigenvalue weighted by Gasteiger charge is -2.27. The molecule has 21 heavy (non-hydrogen) atoms. The number of nitrogens with one attached hydrogen (secondary N) is 2. The SMILES string of the molecule is Cn1cccc1C(=O)NC(C)(C)CNC(=O)OC(C)(C)C. The number of amides is 2. The summed E-state index contributed by atoms with van der Waals surface area (Å²) in [4.78, 5) is 23.8. The largest absolute Gasteiger partial charge is 0.444 e. The number of carbonyl (C=O) groups is 2. The van der Waals surface area contributed by atoms with Crippen molar-refractivity contribution in [2.24, 2.45) is 7.05 Å². The first-order valence-corrected chi connectivity index (χ1v) is 6.91. The van der Waals surface area contributed by atoms with E-state index >= 15 is 0 Å². The summed E-state index contributed by atoms with van der Waals surface area (Å²) in [6.45, 7) is 9.35. The quantitative estimate of drug-likeness (QED) is 0.893. The fourth-order valence-corrected chi connectivity index (χ4v) is 1.72. The summed E-state index contributed by atoms with van der Waals surface area (Å²) in [5, 5.41) is 5.55. The van der Waals surface area contributed by atoms with Gasteiger partial charge >= 0.3 is 6.09 Å². The van der Waals surface area contributed by atoms with Crippen molar-refractivity contribution in [1.82, 2.24) is 15.2 Å². The number of alkyl carbamates (subject to hydrolysis) is 1. The van der Waals surface area contributed by atoms with Crippen LogP contribution < -0.4 is 10.6 Å². The van der Waals surface area contributed by atoms with Crippen LogP contribution in [0.25, 0.3) is 0 Å². The Morgan fingerprint density at radius 2 is 1.86 bits per heavy atom. The van der Waals surface area contributed by atoms with Crippen molar-refractivity contribution in [2.45, 2.75) is 45.8 Å². The highest BCUT2D eigenvalue weighted by Crippen LogP contribution is 2.08. The van der Waals surface area contributed by atoms with E-state index in [9.17, 15) is 9.59 Å². The third kappa shape index (κ3) is 5.89. The second kappa shape index (κ2) is 6.20. The minimum Gasteiger partial charge on any atom is -0.444 e. The molecule has 2 N–H and O–H groups in total. The van der Waals surface area contributed by atoms with Crippen LogP contribution >= 0.6 is 0 Å². The van der Waals surface area contributed by atoms with Gasteiger partial charge in [-0.15, -0.1) is 0 Å². The number of carbonyl (C=O) groups excluding carboxylic acids is 2. The van der Waals surface area contributed by atoms with Gasteiger partial charge in [-0.25, -0.2) is 4.79 Å². The molecule has 0 unspecified atom stereocenters. The van der Waals surface area contributed by atoms with Crippen LogP contribution in [0.5, 0.6) is 0 Å². The Hall–Kier alpha value is -1.98. The summed E-state index contributed by atoms with van der Waals surface area (Å²) < 4.78 is 6.91. The highest BCUT2D eigenvalue weighted by atomic mass is 16.6. The molecule has 1 heterocycles. The molecule has 0 saturated heterocycles. The predicted molar refractivity (Wildman–Crippen MR) is 81.2 cm³/mol. The van der Waals surface area contributed by atoms with Crippen LogP contribution in [0.4, 0.5) is 4.79 Å². The highest BCUT2D eigenvalue weighted by Gasteiger charge is 2.24. The van der Waals surface area contributed by atoms with E-state index in [1.54, 1.807) is 50.7 Å². The van der Waals surface area contributed by atoms with Crippen molar-refractivity contribution in [1.29, 1.82) is 0 Å². The number of ether oxygens (including phenoxy) is 1. The maximum absolute atomic E-state index is 12.1. The molecule has 0 aliphatic carbocycles. The lowest BCUT2D eigenvalue weighted by molar-refractivity contribution is 0.0509. The second-order valence-corrected chi connectivity index (χ2v) is 6.70. The first-order chi connectivity index (χ1) is 9.50. The Kier molecular flexibility index (Phi) is 5.04. The normalized spacial score (nSPS) is 11.9. The van der Waals surface area contributed by atoms with Gasteiger partial charge in [-0.2, -0.15) is 0 Å². The molecule has 0 radical (unpaired) electrons. The molecule has 0 spiro atoms. The van der Waals surface area contributed by atoms with E-state index in [1.165, 1.54) is 0 Å². The van der Waals surface area contributed by atoms with Crippen molar-refractivity contribution in [3.63, 3.8) is 0 Å². The summed E-state index contributed by atoms with van der Waals surface area (Å²) in [6.07, 6.45) is 1.31. The summed E-state index contributed by atoms with van der Waals surface area (Å²) in [5.41, 5.74) is -0.556. The summed E-state index contributed by atoms with van der Waals surface area (Å²) in [7, 11) is 1.81. The number of rotatable bonds is 4. The Balaban J connectivity index is 2.52. The molecule has 6 heteroatoms. The first kappa shape index (κ1) is 17.1. The predicted octanol–water partition coefficient (Wildman–Crippen LogP) is 2.06. The Morgan fingerprint density at radius 1 is 1.24 bits per heavy atom. The molecule has 118 valence electrons. The van der Waals surface area contributed by atoms with Crippen LogP contribution in [-0.4, -0.2) is 34.3 Å². The molecule has 0 aromatic carbocycles. The standard InChI is InChI=1S/C15H25N3O3/c1-14(2,3)21-13(20)16-10-15(4,5)17-12(19)11-8-7-9-18(11)6/h7-9H,10H2,1-6H3,(H,16,20)(H,17,19). The highest BCUT2D eigenvalue weighted by molar-refractivity contribution is 5.93. The van der Waals surface area contributed by atoms with E-state index in [4.69, 9.17) is 4.74 Å². The van der Waals surface area contributed by atoms with Crippen molar-refractivity contribution in [2.75, 3.05) is 6.54 Å². The zero-order valence-electron chi connectivity index (χ0n) is 13.6. The zero-order valence-corrected chi connectivity index (χ0v) is 13.6. The topological polar surface area (TPSA) is 72.4 Å². The molecule has 0 aliphatic heterocycles. The molecule has 0 bridgehead atoms.